The minimum Gasteiger partial charge on any atom is -0.357 e. The van der Waals surface area contributed by atoms with E-state index in [4.69, 9.17) is 0 Å². The Morgan fingerprint density at radius 1 is 1.20 bits per heavy atom. The Labute approximate surface area is 167 Å². The maximum atomic E-state index is 12.5. The number of hydrogen-bond acceptors (Lipinski definition) is 3. The molecule has 1 aromatic rings. The molecule has 2 N–H and O–H groups in total. The van der Waals surface area contributed by atoms with Gasteiger partial charge in [0, 0.05) is 25.7 Å². The fraction of sp³-hybridized carbons (Fsp3) is 0.588. The number of hydrogen-bond donors (Lipinski definition) is 2. The van der Waals surface area contributed by atoms with Crippen molar-refractivity contribution in [3.8, 4) is 0 Å². The van der Waals surface area contributed by atoms with Crippen LogP contribution in [0.5, 0.6) is 0 Å². The predicted molar refractivity (Wildman–Crippen MR) is 111 cm³/mol. The van der Waals surface area contributed by atoms with Crippen molar-refractivity contribution in [3.05, 3.63) is 29.8 Å². The van der Waals surface area contributed by atoms with Gasteiger partial charge in [-0.25, -0.2) is 13.4 Å². The molecule has 0 amide bonds. The zero-order valence-corrected chi connectivity index (χ0v) is 17.7. The van der Waals surface area contributed by atoms with Crippen molar-refractivity contribution in [1.82, 2.24) is 14.9 Å². The Morgan fingerprint density at radius 2 is 1.84 bits per heavy atom. The van der Waals surface area contributed by atoms with Gasteiger partial charge in [0.05, 0.1) is 11.4 Å². The molecule has 6 nitrogen and oxygen atoms in total. The highest BCUT2D eigenvalue weighted by Gasteiger charge is 2.26. The molecule has 0 unspecified atom stereocenters. The van der Waals surface area contributed by atoms with Crippen molar-refractivity contribution in [2.75, 3.05) is 19.6 Å². The van der Waals surface area contributed by atoms with Gasteiger partial charge in [-0.05, 0) is 50.3 Å². The minimum absolute atomic E-state index is 0. The summed E-state index contributed by atoms with van der Waals surface area (Å²) in [6.07, 6.45) is 4.31. The van der Waals surface area contributed by atoms with Crippen molar-refractivity contribution < 1.29 is 8.42 Å². The predicted octanol–water partition coefficient (Wildman–Crippen LogP) is 2.31. The Balaban J connectivity index is 0.00000225. The number of aliphatic imine (C=N–C) groups is 1. The summed E-state index contributed by atoms with van der Waals surface area (Å²) < 4.78 is 26.6. The highest BCUT2D eigenvalue weighted by Crippen LogP contribution is 2.21. The second kappa shape index (κ2) is 9.18. The van der Waals surface area contributed by atoms with Crippen LogP contribution in [-0.4, -0.2) is 44.4 Å². The molecule has 3 rings (SSSR count). The lowest BCUT2D eigenvalue weighted by molar-refractivity contribution is 0.477. The molecule has 0 bridgehead atoms. The molecule has 1 aliphatic heterocycles. The number of nitrogens with one attached hydrogen (secondary N) is 2. The van der Waals surface area contributed by atoms with Crippen molar-refractivity contribution in [2.45, 2.75) is 50.1 Å². The van der Waals surface area contributed by atoms with Crippen LogP contribution in [0.25, 0.3) is 0 Å². The first-order valence-electron chi connectivity index (χ1n) is 8.73. The maximum absolute atomic E-state index is 12.5. The summed E-state index contributed by atoms with van der Waals surface area (Å²) in [5.74, 6) is 0.828. The van der Waals surface area contributed by atoms with Crippen LogP contribution in [0, 0.1) is 0 Å². The fourth-order valence-electron chi connectivity index (χ4n) is 2.76. The third-order valence-corrected chi connectivity index (χ3v) is 6.22. The van der Waals surface area contributed by atoms with Crippen molar-refractivity contribution >= 4 is 40.0 Å². The monoisotopic (exact) mass is 478 g/mol. The van der Waals surface area contributed by atoms with E-state index in [1.165, 1.54) is 12.8 Å². The van der Waals surface area contributed by atoms with Gasteiger partial charge in [-0.1, -0.05) is 12.1 Å². The molecule has 1 saturated heterocycles. The molecular formula is C17H27IN4O2S. The first-order chi connectivity index (χ1) is 11.6. The summed E-state index contributed by atoms with van der Waals surface area (Å²) in [5.41, 5.74) is 1.00. The van der Waals surface area contributed by atoms with E-state index in [0.29, 0.717) is 30.6 Å². The van der Waals surface area contributed by atoms with Crippen LogP contribution < -0.4 is 10.6 Å². The third-order valence-electron chi connectivity index (χ3n) is 4.31. The van der Waals surface area contributed by atoms with Crippen LogP contribution in [-0.2, 0) is 16.6 Å². The summed E-state index contributed by atoms with van der Waals surface area (Å²) in [6, 6.07) is 7.65. The molecule has 0 radical (unpaired) electrons. The second-order valence-electron chi connectivity index (χ2n) is 6.37. The first-order valence-corrected chi connectivity index (χ1v) is 10.2. The van der Waals surface area contributed by atoms with E-state index in [1.54, 1.807) is 16.4 Å². The van der Waals surface area contributed by atoms with E-state index in [2.05, 4.69) is 15.6 Å². The average Bonchev–Trinajstić information content (AvgIpc) is 3.21. The zero-order valence-electron chi connectivity index (χ0n) is 14.6. The normalized spacial score (nSPS) is 18.7. The molecule has 1 aromatic carbocycles. The Bertz CT molecular complexity index is 681. The minimum atomic E-state index is -3.33. The summed E-state index contributed by atoms with van der Waals surface area (Å²) in [6.45, 7) is 4.67. The van der Waals surface area contributed by atoms with Crippen LogP contribution in [0.4, 0.5) is 0 Å². The summed E-state index contributed by atoms with van der Waals surface area (Å²) in [7, 11) is -3.33. The van der Waals surface area contributed by atoms with Crippen LogP contribution in [0.2, 0.25) is 0 Å². The van der Waals surface area contributed by atoms with Crippen molar-refractivity contribution in [2.24, 2.45) is 4.99 Å². The number of benzene rings is 1. The standard InChI is InChI=1S/C17H26N4O2S.HI/c1-2-18-17(20-15-7-8-15)19-13-14-5-9-16(10-6-14)24(22,23)21-11-3-4-12-21;/h5-6,9-10,15H,2-4,7-8,11-13H2,1H3,(H2,18,19,20);1H. The van der Waals surface area contributed by atoms with Gasteiger partial charge in [-0.3, -0.25) is 0 Å². The molecular weight excluding hydrogens is 451 g/mol. The summed E-state index contributed by atoms with van der Waals surface area (Å²) >= 11 is 0. The SMILES string of the molecule is CCNC(=NCc1ccc(S(=O)(=O)N2CCCC2)cc1)NC1CC1.I. The largest absolute Gasteiger partial charge is 0.357 e. The Hall–Kier alpha value is -0.870. The van der Waals surface area contributed by atoms with Crippen LogP contribution in [0.3, 0.4) is 0 Å². The van der Waals surface area contributed by atoms with Crippen molar-refractivity contribution in [3.63, 3.8) is 0 Å². The van der Waals surface area contributed by atoms with Gasteiger partial charge in [-0.15, -0.1) is 24.0 Å². The van der Waals surface area contributed by atoms with Gasteiger partial charge in [0.1, 0.15) is 0 Å². The second-order valence-corrected chi connectivity index (χ2v) is 8.31. The third kappa shape index (κ3) is 5.55. The average molecular weight is 478 g/mol. The lowest BCUT2D eigenvalue weighted by Gasteiger charge is -2.15. The quantitative estimate of drug-likeness (QED) is 0.374. The summed E-state index contributed by atoms with van der Waals surface area (Å²) in [5, 5.41) is 6.60. The molecule has 1 heterocycles. The molecule has 1 saturated carbocycles. The van der Waals surface area contributed by atoms with E-state index in [1.807, 2.05) is 19.1 Å². The number of sulfonamides is 1. The van der Waals surface area contributed by atoms with E-state index < -0.39 is 10.0 Å². The maximum Gasteiger partial charge on any atom is 0.243 e. The number of rotatable bonds is 6. The van der Waals surface area contributed by atoms with Crippen LogP contribution in [0.15, 0.2) is 34.2 Å². The van der Waals surface area contributed by atoms with Gasteiger partial charge < -0.3 is 10.6 Å². The molecule has 2 aliphatic rings. The summed E-state index contributed by atoms with van der Waals surface area (Å²) in [4.78, 5) is 4.94. The molecule has 0 aromatic heterocycles. The Kier molecular flexibility index (Phi) is 7.51. The highest BCUT2D eigenvalue weighted by atomic mass is 127. The van der Waals surface area contributed by atoms with Gasteiger partial charge in [-0.2, -0.15) is 4.31 Å². The lowest BCUT2D eigenvalue weighted by atomic mass is 10.2. The first kappa shape index (κ1) is 20.4. The number of halogens is 1. The molecule has 1 aliphatic carbocycles. The van der Waals surface area contributed by atoms with E-state index in [9.17, 15) is 8.42 Å². The van der Waals surface area contributed by atoms with E-state index >= 15 is 0 Å². The smallest absolute Gasteiger partial charge is 0.243 e. The van der Waals surface area contributed by atoms with Crippen LogP contribution >= 0.6 is 24.0 Å². The molecule has 2 fully saturated rings. The molecule has 0 atom stereocenters. The highest BCUT2D eigenvalue weighted by molar-refractivity contribution is 14.0. The fourth-order valence-corrected chi connectivity index (χ4v) is 4.27. The zero-order chi connectivity index (χ0) is 17.0. The van der Waals surface area contributed by atoms with Gasteiger partial charge in [0.2, 0.25) is 10.0 Å². The van der Waals surface area contributed by atoms with Gasteiger partial charge >= 0.3 is 0 Å². The number of nitrogens with zero attached hydrogens (tertiary/aromatic N) is 2. The molecule has 8 heteroatoms. The Morgan fingerprint density at radius 3 is 2.40 bits per heavy atom. The molecule has 25 heavy (non-hydrogen) atoms. The topological polar surface area (TPSA) is 73.8 Å². The van der Waals surface area contributed by atoms with Gasteiger partial charge in [0.25, 0.3) is 0 Å². The number of guanidine groups is 1. The van der Waals surface area contributed by atoms with Crippen molar-refractivity contribution in [1.29, 1.82) is 0 Å². The van der Waals surface area contributed by atoms with Crippen LogP contribution in [0.1, 0.15) is 38.2 Å². The van der Waals surface area contributed by atoms with E-state index in [0.717, 1.165) is 30.9 Å². The lowest BCUT2D eigenvalue weighted by Crippen LogP contribution is -2.38. The molecule has 0 spiro atoms. The van der Waals surface area contributed by atoms with E-state index in [-0.39, 0.29) is 24.0 Å². The van der Waals surface area contributed by atoms with Gasteiger partial charge in [0.15, 0.2) is 5.96 Å². The molecule has 140 valence electrons.